The smallest absolute Gasteiger partial charge is 0.0939 e. The van der Waals surface area contributed by atoms with Crippen LogP contribution >= 0.6 is 0 Å². The van der Waals surface area contributed by atoms with Crippen molar-refractivity contribution in [3.05, 3.63) is 24.0 Å². The summed E-state index contributed by atoms with van der Waals surface area (Å²) < 4.78 is 0. The van der Waals surface area contributed by atoms with E-state index in [4.69, 9.17) is 0 Å². The van der Waals surface area contributed by atoms with Crippen LogP contribution in [0.1, 0.15) is 19.4 Å². The molecule has 1 aromatic heterocycles. The lowest BCUT2D eigenvalue weighted by molar-refractivity contribution is 0.859. The minimum Gasteiger partial charge on any atom is -0.372 e. The lowest BCUT2D eigenvalue weighted by Crippen LogP contribution is -2.22. The first-order chi connectivity index (χ1) is 5.79. The highest BCUT2D eigenvalue weighted by molar-refractivity contribution is 5.50. The molecule has 12 heavy (non-hydrogen) atoms. The van der Waals surface area contributed by atoms with Gasteiger partial charge in [-0.05, 0) is 26.8 Å². The topological polar surface area (TPSA) is 16.1 Å². The third kappa shape index (κ3) is 1.76. The molecule has 2 nitrogen and oxygen atoms in total. The molecule has 2 heteroatoms. The van der Waals surface area contributed by atoms with Gasteiger partial charge in [0, 0.05) is 30.5 Å². The van der Waals surface area contributed by atoms with Crippen LogP contribution in [0.3, 0.4) is 0 Å². The van der Waals surface area contributed by atoms with Crippen LogP contribution in [0.25, 0.3) is 0 Å². The molecule has 1 radical (unpaired) electrons. The van der Waals surface area contributed by atoms with Gasteiger partial charge in [0.2, 0.25) is 0 Å². The highest BCUT2D eigenvalue weighted by atomic mass is 15.1. The van der Waals surface area contributed by atoms with Crippen molar-refractivity contribution < 1.29 is 0 Å². The lowest BCUT2D eigenvalue weighted by Gasteiger charge is -2.22. The van der Waals surface area contributed by atoms with Crippen LogP contribution in [-0.4, -0.2) is 18.1 Å². The molecule has 0 aromatic carbocycles. The number of hydrogen-bond donors (Lipinski definition) is 0. The van der Waals surface area contributed by atoms with Gasteiger partial charge in [0.1, 0.15) is 0 Å². The lowest BCUT2D eigenvalue weighted by atomic mass is 10.2. The quantitative estimate of drug-likeness (QED) is 0.678. The van der Waals surface area contributed by atoms with E-state index < -0.39 is 0 Å². The van der Waals surface area contributed by atoms with E-state index in [1.54, 1.807) is 6.20 Å². The summed E-state index contributed by atoms with van der Waals surface area (Å²) in [5.74, 6) is 0. The zero-order valence-corrected chi connectivity index (χ0v) is 7.96. The maximum absolute atomic E-state index is 3.94. The Hall–Kier alpha value is -1.05. The van der Waals surface area contributed by atoms with Crippen LogP contribution in [0.15, 0.2) is 12.3 Å². The molecule has 0 amide bonds. The van der Waals surface area contributed by atoms with Crippen molar-refractivity contribution in [3.63, 3.8) is 0 Å². The summed E-state index contributed by atoms with van der Waals surface area (Å²) in [5.41, 5.74) is 2.37. The molecule has 0 aliphatic heterocycles. The van der Waals surface area contributed by atoms with E-state index in [0.717, 1.165) is 18.7 Å². The highest BCUT2D eigenvalue weighted by Gasteiger charge is 2.03. The molecule has 1 rings (SSSR count). The van der Waals surface area contributed by atoms with Gasteiger partial charge in [-0.25, -0.2) is 0 Å². The maximum atomic E-state index is 3.94. The Kier molecular flexibility index (Phi) is 3.09. The first-order valence-corrected chi connectivity index (χ1v) is 4.37. The molecule has 0 aliphatic rings. The average molecular weight is 163 g/mol. The van der Waals surface area contributed by atoms with Crippen LogP contribution in [0.5, 0.6) is 0 Å². The van der Waals surface area contributed by atoms with Crippen molar-refractivity contribution >= 4 is 5.69 Å². The molecule has 0 N–H and O–H groups in total. The number of aromatic nitrogens is 1. The summed E-state index contributed by atoms with van der Waals surface area (Å²) in [5, 5.41) is 0. The normalized spacial score (nSPS) is 9.92. The number of pyridine rings is 1. The summed E-state index contributed by atoms with van der Waals surface area (Å²) >= 11 is 0. The third-order valence-corrected chi connectivity index (χ3v) is 2.03. The molecule has 65 valence electrons. The summed E-state index contributed by atoms with van der Waals surface area (Å²) in [6.45, 7) is 8.43. The Labute approximate surface area is 74.2 Å². The van der Waals surface area contributed by atoms with Crippen LogP contribution in [0, 0.1) is 13.1 Å². The van der Waals surface area contributed by atoms with E-state index in [-0.39, 0.29) is 0 Å². The van der Waals surface area contributed by atoms with E-state index in [0.29, 0.717) is 0 Å². The minimum absolute atomic E-state index is 1.04. The van der Waals surface area contributed by atoms with E-state index in [2.05, 4.69) is 29.9 Å². The second kappa shape index (κ2) is 4.10. The molecule has 0 saturated heterocycles. The van der Waals surface area contributed by atoms with Gasteiger partial charge in [0.05, 0.1) is 6.20 Å². The van der Waals surface area contributed by atoms with E-state index >= 15 is 0 Å². The zero-order valence-electron chi connectivity index (χ0n) is 7.96. The molecule has 0 fully saturated rings. The molecular formula is C10H15N2. The standard InChI is InChI=1S/C10H15N2/c1-4-12(5-2)10-6-7-11-8-9(10)3/h6-7H,4-5H2,1-3H3. The SMILES string of the molecule is CCN(CC)c1ccn[c]c1C. The maximum Gasteiger partial charge on any atom is 0.0939 e. The first-order valence-electron chi connectivity index (χ1n) is 4.37. The van der Waals surface area contributed by atoms with Crippen LogP contribution < -0.4 is 4.90 Å². The third-order valence-electron chi connectivity index (χ3n) is 2.03. The zero-order chi connectivity index (χ0) is 8.97. The Morgan fingerprint density at radius 1 is 1.42 bits per heavy atom. The second-order valence-corrected chi connectivity index (χ2v) is 2.74. The van der Waals surface area contributed by atoms with E-state index in [1.807, 2.05) is 13.0 Å². The molecule has 0 saturated carbocycles. The molecule has 1 aromatic rings. The van der Waals surface area contributed by atoms with Gasteiger partial charge in [-0.2, -0.15) is 0 Å². The van der Waals surface area contributed by atoms with Crippen molar-refractivity contribution in [3.8, 4) is 0 Å². The number of nitrogens with zero attached hydrogens (tertiary/aromatic N) is 2. The molecule has 0 aliphatic carbocycles. The number of anilines is 1. The molecule has 1 heterocycles. The Morgan fingerprint density at radius 2 is 2.08 bits per heavy atom. The summed E-state index contributed by atoms with van der Waals surface area (Å²) in [7, 11) is 0. The minimum atomic E-state index is 1.04. The fourth-order valence-corrected chi connectivity index (χ4v) is 1.33. The Balaban J connectivity index is 2.92. The fourth-order valence-electron chi connectivity index (χ4n) is 1.33. The Bertz CT molecular complexity index is 241. The van der Waals surface area contributed by atoms with Crippen LogP contribution in [-0.2, 0) is 0 Å². The molecular weight excluding hydrogens is 148 g/mol. The van der Waals surface area contributed by atoms with Gasteiger partial charge in [0.25, 0.3) is 0 Å². The van der Waals surface area contributed by atoms with E-state index in [9.17, 15) is 0 Å². The first kappa shape index (κ1) is 9.04. The van der Waals surface area contributed by atoms with Crippen molar-refractivity contribution in [2.24, 2.45) is 0 Å². The molecule has 0 atom stereocenters. The van der Waals surface area contributed by atoms with Gasteiger partial charge in [0.15, 0.2) is 0 Å². The predicted molar refractivity (Wildman–Crippen MR) is 51.4 cm³/mol. The van der Waals surface area contributed by atoms with Crippen molar-refractivity contribution in [1.29, 1.82) is 0 Å². The van der Waals surface area contributed by atoms with Crippen molar-refractivity contribution in [2.75, 3.05) is 18.0 Å². The van der Waals surface area contributed by atoms with Crippen molar-refractivity contribution in [2.45, 2.75) is 20.8 Å². The van der Waals surface area contributed by atoms with E-state index in [1.165, 1.54) is 5.69 Å². The van der Waals surface area contributed by atoms with Crippen LogP contribution in [0.2, 0.25) is 0 Å². The van der Waals surface area contributed by atoms with Gasteiger partial charge < -0.3 is 4.90 Å². The van der Waals surface area contributed by atoms with Gasteiger partial charge in [-0.1, -0.05) is 0 Å². The highest BCUT2D eigenvalue weighted by Crippen LogP contribution is 2.16. The summed E-state index contributed by atoms with van der Waals surface area (Å²) in [6.07, 6.45) is 4.75. The average Bonchev–Trinajstić information content (AvgIpc) is 2.10. The fraction of sp³-hybridized carbons (Fsp3) is 0.500. The molecule has 0 spiro atoms. The largest absolute Gasteiger partial charge is 0.372 e. The molecule has 0 bridgehead atoms. The van der Waals surface area contributed by atoms with Crippen molar-refractivity contribution in [1.82, 2.24) is 4.98 Å². The Morgan fingerprint density at radius 3 is 2.58 bits per heavy atom. The summed E-state index contributed by atoms with van der Waals surface area (Å²) in [6, 6.07) is 2.04. The number of aryl methyl sites for hydroxylation is 1. The number of rotatable bonds is 3. The number of hydrogen-bond acceptors (Lipinski definition) is 2. The van der Waals surface area contributed by atoms with Gasteiger partial charge in [-0.15, -0.1) is 0 Å². The molecule has 0 unspecified atom stereocenters. The van der Waals surface area contributed by atoms with Gasteiger partial charge >= 0.3 is 0 Å². The second-order valence-electron chi connectivity index (χ2n) is 2.74. The monoisotopic (exact) mass is 163 g/mol. The predicted octanol–water partition coefficient (Wildman–Crippen LogP) is 2.04. The van der Waals surface area contributed by atoms with Gasteiger partial charge in [-0.3, -0.25) is 4.98 Å². The summed E-state index contributed by atoms with van der Waals surface area (Å²) in [4.78, 5) is 6.24. The van der Waals surface area contributed by atoms with Crippen LogP contribution in [0.4, 0.5) is 5.69 Å².